The van der Waals surface area contributed by atoms with Crippen molar-refractivity contribution in [3.05, 3.63) is 35.9 Å². The van der Waals surface area contributed by atoms with E-state index in [2.05, 4.69) is 60.3 Å². The molecule has 1 aromatic rings. The topological polar surface area (TPSA) is 24.7 Å². The highest BCUT2D eigenvalue weighted by Gasteiger charge is 2.40. The average Bonchev–Trinajstić information content (AvgIpc) is 2.45. The summed E-state index contributed by atoms with van der Waals surface area (Å²) in [6.45, 7) is 16.0. The number of hydrogen-bond acceptors (Lipinski definition) is 1. The lowest BCUT2D eigenvalue weighted by molar-refractivity contribution is -0.935. The highest BCUT2D eigenvalue weighted by molar-refractivity contribution is 5.27. The van der Waals surface area contributed by atoms with Gasteiger partial charge in [0.15, 0.2) is 0 Å². The predicted octanol–water partition coefficient (Wildman–Crippen LogP) is 0.0195. The molecule has 0 amide bonds. The third-order valence-electron chi connectivity index (χ3n) is 4.74. The second kappa shape index (κ2) is 9.47. The largest absolute Gasteiger partial charge is 1.00 e. The SMILES string of the molecule is CC(C)[NH+](CC#CCC(O)(c1ccccc1)C(C)(C)C)C(C)C.[Cl-]. The molecule has 136 valence electrons. The summed E-state index contributed by atoms with van der Waals surface area (Å²) < 4.78 is 0. The molecule has 0 bridgehead atoms. The fourth-order valence-corrected chi connectivity index (χ4v) is 2.94. The molecule has 0 saturated heterocycles. The highest BCUT2D eigenvalue weighted by atomic mass is 35.5. The number of nitrogens with one attached hydrogen (secondary N) is 1. The molecule has 0 aliphatic rings. The van der Waals surface area contributed by atoms with Crippen LogP contribution in [-0.4, -0.2) is 23.7 Å². The van der Waals surface area contributed by atoms with Gasteiger partial charge in [0.2, 0.25) is 0 Å². The smallest absolute Gasteiger partial charge is 0.139 e. The van der Waals surface area contributed by atoms with Crippen molar-refractivity contribution in [2.45, 2.75) is 72.6 Å². The molecule has 2 N–H and O–H groups in total. The van der Waals surface area contributed by atoms with Gasteiger partial charge in [0.25, 0.3) is 0 Å². The molecule has 0 radical (unpaired) electrons. The van der Waals surface area contributed by atoms with Crippen LogP contribution in [-0.2, 0) is 5.60 Å². The average molecular weight is 352 g/mol. The first-order valence-electron chi connectivity index (χ1n) is 8.69. The molecular formula is C21H34ClNO. The van der Waals surface area contributed by atoms with Gasteiger partial charge in [0, 0.05) is 6.42 Å². The highest BCUT2D eigenvalue weighted by Crippen LogP contribution is 2.41. The van der Waals surface area contributed by atoms with Gasteiger partial charge in [-0.05, 0) is 44.6 Å². The summed E-state index contributed by atoms with van der Waals surface area (Å²) in [6, 6.07) is 11.0. The zero-order valence-electron chi connectivity index (χ0n) is 16.3. The third kappa shape index (κ3) is 5.81. The summed E-state index contributed by atoms with van der Waals surface area (Å²) in [5.74, 6) is 6.55. The van der Waals surface area contributed by atoms with Crippen LogP contribution in [0.4, 0.5) is 0 Å². The number of benzene rings is 1. The Morgan fingerprint density at radius 1 is 0.958 bits per heavy atom. The van der Waals surface area contributed by atoms with Crippen LogP contribution in [0.5, 0.6) is 0 Å². The van der Waals surface area contributed by atoms with Crippen LogP contribution in [0.2, 0.25) is 0 Å². The minimum absolute atomic E-state index is 0. The molecule has 0 aliphatic heterocycles. The summed E-state index contributed by atoms with van der Waals surface area (Å²) >= 11 is 0. The molecule has 1 rings (SSSR count). The van der Waals surface area contributed by atoms with E-state index in [0.29, 0.717) is 18.5 Å². The van der Waals surface area contributed by atoms with Crippen LogP contribution < -0.4 is 17.3 Å². The summed E-state index contributed by atoms with van der Waals surface area (Å²) in [5.41, 5.74) is -0.262. The first-order valence-corrected chi connectivity index (χ1v) is 8.69. The Morgan fingerprint density at radius 3 is 1.88 bits per heavy atom. The first-order chi connectivity index (χ1) is 10.6. The lowest BCUT2D eigenvalue weighted by atomic mass is 9.70. The molecule has 0 aliphatic carbocycles. The van der Waals surface area contributed by atoms with E-state index in [9.17, 15) is 5.11 Å². The lowest BCUT2D eigenvalue weighted by Crippen LogP contribution is -3.17. The molecule has 0 aromatic heterocycles. The summed E-state index contributed by atoms with van der Waals surface area (Å²) in [4.78, 5) is 1.48. The zero-order valence-corrected chi connectivity index (χ0v) is 17.0. The molecule has 1 atom stereocenters. The fraction of sp³-hybridized carbons (Fsp3) is 0.619. The van der Waals surface area contributed by atoms with Crippen molar-refractivity contribution in [1.82, 2.24) is 0 Å². The molecule has 0 fully saturated rings. The number of halogens is 1. The van der Waals surface area contributed by atoms with E-state index in [1.807, 2.05) is 30.3 Å². The molecule has 0 heterocycles. The number of quaternary nitrogens is 1. The Morgan fingerprint density at radius 2 is 1.46 bits per heavy atom. The van der Waals surface area contributed by atoms with E-state index in [4.69, 9.17) is 0 Å². The van der Waals surface area contributed by atoms with E-state index >= 15 is 0 Å². The predicted molar refractivity (Wildman–Crippen MR) is 98.3 cm³/mol. The van der Waals surface area contributed by atoms with Crippen molar-refractivity contribution in [3.8, 4) is 11.8 Å². The fourth-order valence-electron chi connectivity index (χ4n) is 2.94. The van der Waals surface area contributed by atoms with Crippen molar-refractivity contribution in [2.24, 2.45) is 5.41 Å². The maximum atomic E-state index is 11.3. The van der Waals surface area contributed by atoms with E-state index < -0.39 is 5.60 Å². The van der Waals surface area contributed by atoms with Crippen molar-refractivity contribution >= 4 is 0 Å². The van der Waals surface area contributed by atoms with Crippen LogP contribution in [0.25, 0.3) is 0 Å². The number of aliphatic hydroxyl groups is 1. The Balaban J connectivity index is 0.00000529. The Bertz CT molecular complexity index is 528. The monoisotopic (exact) mass is 351 g/mol. The Kier molecular flexibility index (Phi) is 9.07. The summed E-state index contributed by atoms with van der Waals surface area (Å²) in [6.07, 6.45) is 0.462. The van der Waals surface area contributed by atoms with Crippen LogP contribution in [0.1, 0.15) is 60.5 Å². The number of rotatable bonds is 5. The third-order valence-corrected chi connectivity index (χ3v) is 4.74. The Labute approximate surface area is 155 Å². The molecule has 3 heteroatoms. The van der Waals surface area contributed by atoms with Crippen molar-refractivity contribution in [2.75, 3.05) is 6.54 Å². The Hall–Kier alpha value is -1.01. The van der Waals surface area contributed by atoms with Gasteiger partial charge >= 0.3 is 0 Å². The molecule has 0 spiro atoms. The van der Waals surface area contributed by atoms with Gasteiger partial charge in [-0.3, -0.25) is 0 Å². The maximum Gasteiger partial charge on any atom is 0.139 e. The van der Waals surface area contributed by atoms with Gasteiger partial charge < -0.3 is 22.4 Å². The van der Waals surface area contributed by atoms with E-state index in [-0.39, 0.29) is 17.8 Å². The molecular weight excluding hydrogens is 318 g/mol. The van der Waals surface area contributed by atoms with Gasteiger partial charge in [-0.25, -0.2) is 0 Å². The van der Waals surface area contributed by atoms with Crippen molar-refractivity contribution in [1.29, 1.82) is 0 Å². The molecule has 0 saturated carbocycles. The van der Waals surface area contributed by atoms with Gasteiger partial charge in [-0.15, -0.1) is 0 Å². The number of hydrogen-bond donors (Lipinski definition) is 2. The van der Waals surface area contributed by atoms with E-state index in [0.717, 1.165) is 12.1 Å². The van der Waals surface area contributed by atoms with E-state index in [1.54, 1.807) is 0 Å². The first kappa shape index (κ1) is 23.0. The minimum atomic E-state index is -0.933. The van der Waals surface area contributed by atoms with Crippen LogP contribution in [0.15, 0.2) is 30.3 Å². The molecule has 1 aromatic carbocycles. The van der Waals surface area contributed by atoms with Gasteiger partial charge in [0.1, 0.15) is 12.1 Å². The minimum Gasteiger partial charge on any atom is -1.00 e. The second-order valence-corrected chi connectivity index (χ2v) is 8.07. The van der Waals surface area contributed by atoms with Crippen molar-refractivity contribution < 1.29 is 22.4 Å². The molecule has 2 nitrogen and oxygen atoms in total. The van der Waals surface area contributed by atoms with Crippen LogP contribution in [0, 0.1) is 17.3 Å². The van der Waals surface area contributed by atoms with Gasteiger partial charge in [-0.1, -0.05) is 57.0 Å². The molecule has 24 heavy (non-hydrogen) atoms. The van der Waals surface area contributed by atoms with Crippen LogP contribution in [0.3, 0.4) is 0 Å². The quantitative estimate of drug-likeness (QED) is 0.718. The van der Waals surface area contributed by atoms with Crippen LogP contribution >= 0.6 is 0 Å². The van der Waals surface area contributed by atoms with Gasteiger partial charge in [-0.2, -0.15) is 0 Å². The van der Waals surface area contributed by atoms with E-state index in [1.165, 1.54) is 4.90 Å². The lowest BCUT2D eigenvalue weighted by Gasteiger charge is -2.39. The maximum absolute atomic E-state index is 11.3. The van der Waals surface area contributed by atoms with Crippen molar-refractivity contribution in [3.63, 3.8) is 0 Å². The molecule has 1 unspecified atom stereocenters. The normalized spacial score (nSPS) is 14.1. The zero-order chi connectivity index (χ0) is 17.7. The standard InChI is InChI=1S/C21H33NO.ClH/c1-17(2)22(18(3)4)16-12-11-15-21(23,20(5,6)7)19-13-9-8-10-14-19;/h8-10,13-14,17-18,23H,15-16H2,1-7H3;1H. The second-order valence-electron chi connectivity index (χ2n) is 8.07. The van der Waals surface area contributed by atoms with Gasteiger partial charge in [0.05, 0.1) is 12.1 Å². The summed E-state index contributed by atoms with van der Waals surface area (Å²) in [7, 11) is 0. The summed E-state index contributed by atoms with van der Waals surface area (Å²) in [5, 5.41) is 11.3.